The lowest BCUT2D eigenvalue weighted by molar-refractivity contribution is -0.140. The number of benzene rings is 1. The third-order valence-corrected chi connectivity index (χ3v) is 3.99. The number of nitrogens with one attached hydrogen (secondary N) is 1. The normalized spacial score (nSPS) is 10.2. The summed E-state index contributed by atoms with van der Waals surface area (Å²) in [6.07, 6.45) is 0.650. The highest BCUT2D eigenvalue weighted by atomic mass is 35.5. The summed E-state index contributed by atoms with van der Waals surface area (Å²) in [5.41, 5.74) is 0.383. The molecule has 0 spiro atoms. The molecule has 1 N–H and O–H groups in total. The molecule has 0 saturated heterocycles. The molecular weight excluding hydrogens is 355 g/mol. The van der Waals surface area contributed by atoms with Crippen molar-refractivity contribution in [1.82, 2.24) is 10.2 Å². The summed E-state index contributed by atoms with van der Waals surface area (Å²) in [6.45, 7) is 2.47. The Labute approximate surface area is 151 Å². The highest BCUT2D eigenvalue weighted by molar-refractivity contribution is 6.42. The number of halogens is 2. The summed E-state index contributed by atoms with van der Waals surface area (Å²) < 4.78 is 4.61. The van der Waals surface area contributed by atoms with Crippen LogP contribution in [0.5, 0.6) is 0 Å². The summed E-state index contributed by atoms with van der Waals surface area (Å²) in [5, 5.41) is 3.31. The van der Waals surface area contributed by atoms with Gasteiger partial charge in [-0.1, -0.05) is 23.2 Å². The highest BCUT2D eigenvalue weighted by Gasteiger charge is 2.18. The van der Waals surface area contributed by atoms with E-state index in [1.807, 2.05) is 0 Å². The van der Waals surface area contributed by atoms with Crippen molar-refractivity contribution in [3.63, 3.8) is 0 Å². The van der Waals surface area contributed by atoms with Gasteiger partial charge in [-0.2, -0.15) is 0 Å². The number of ether oxygens (including phenoxy) is 1. The maximum atomic E-state index is 12.6. The van der Waals surface area contributed by atoms with Crippen LogP contribution in [0.15, 0.2) is 18.2 Å². The third kappa shape index (κ3) is 6.76. The minimum absolute atomic E-state index is 0.0870. The topological polar surface area (TPSA) is 75.7 Å². The van der Waals surface area contributed by atoms with Crippen molar-refractivity contribution in [2.75, 3.05) is 26.7 Å². The van der Waals surface area contributed by atoms with Crippen LogP contribution in [0.1, 0.15) is 30.1 Å². The molecule has 0 bridgehead atoms. The van der Waals surface area contributed by atoms with Crippen LogP contribution < -0.4 is 5.32 Å². The van der Waals surface area contributed by atoms with Crippen molar-refractivity contribution < 1.29 is 19.1 Å². The van der Waals surface area contributed by atoms with E-state index in [1.54, 1.807) is 12.1 Å². The van der Waals surface area contributed by atoms with Gasteiger partial charge in [0.05, 0.1) is 23.6 Å². The molecule has 24 heavy (non-hydrogen) atoms. The van der Waals surface area contributed by atoms with Gasteiger partial charge in [0.15, 0.2) is 0 Å². The number of hydrogen-bond acceptors (Lipinski definition) is 4. The Bertz CT molecular complexity index is 608. The first-order valence-corrected chi connectivity index (χ1v) is 8.16. The number of hydrogen-bond donors (Lipinski definition) is 1. The van der Waals surface area contributed by atoms with Crippen LogP contribution in [-0.4, -0.2) is 49.4 Å². The zero-order valence-corrected chi connectivity index (χ0v) is 15.1. The Morgan fingerprint density at radius 3 is 2.46 bits per heavy atom. The molecule has 0 aromatic heterocycles. The van der Waals surface area contributed by atoms with Gasteiger partial charge in [-0.15, -0.1) is 0 Å². The molecular formula is C16H20Cl2N2O4. The maximum absolute atomic E-state index is 12.6. The van der Waals surface area contributed by atoms with Crippen molar-refractivity contribution in [2.45, 2.75) is 19.8 Å². The summed E-state index contributed by atoms with van der Waals surface area (Å²) in [7, 11) is 1.30. The van der Waals surface area contributed by atoms with Gasteiger partial charge >= 0.3 is 5.97 Å². The van der Waals surface area contributed by atoms with E-state index in [0.29, 0.717) is 30.1 Å². The Balaban J connectivity index is 2.76. The van der Waals surface area contributed by atoms with E-state index in [2.05, 4.69) is 10.1 Å². The van der Waals surface area contributed by atoms with Gasteiger partial charge in [0.25, 0.3) is 5.91 Å². The molecule has 8 heteroatoms. The maximum Gasteiger partial charge on any atom is 0.307 e. The molecule has 0 heterocycles. The van der Waals surface area contributed by atoms with E-state index in [-0.39, 0.29) is 29.8 Å². The minimum atomic E-state index is -0.399. The fraction of sp³-hybridized carbons (Fsp3) is 0.438. The minimum Gasteiger partial charge on any atom is -0.469 e. The molecule has 0 aliphatic heterocycles. The molecule has 2 amide bonds. The molecule has 6 nitrogen and oxygen atoms in total. The molecule has 0 fully saturated rings. The van der Waals surface area contributed by atoms with Crippen LogP contribution in [-0.2, 0) is 14.3 Å². The highest BCUT2D eigenvalue weighted by Crippen LogP contribution is 2.23. The first-order chi connectivity index (χ1) is 11.3. The molecule has 0 atom stereocenters. The van der Waals surface area contributed by atoms with Gasteiger partial charge in [-0.25, -0.2) is 0 Å². The van der Waals surface area contributed by atoms with Crippen LogP contribution >= 0.6 is 23.2 Å². The van der Waals surface area contributed by atoms with Gasteiger partial charge in [0.1, 0.15) is 0 Å². The fourth-order valence-corrected chi connectivity index (χ4v) is 2.29. The quantitative estimate of drug-likeness (QED) is 0.560. The number of nitrogens with zero attached hydrogens (tertiary/aromatic N) is 1. The average molecular weight is 375 g/mol. The molecule has 0 saturated carbocycles. The molecule has 0 aliphatic rings. The molecule has 0 unspecified atom stereocenters. The fourth-order valence-electron chi connectivity index (χ4n) is 1.99. The largest absolute Gasteiger partial charge is 0.469 e. The SMILES string of the molecule is COC(=O)CCN(CCCNC(C)=O)C(=O)c1ccc(Cl)c(Cl)c1. The summed E-state index contributed by atoms with van der Waals surface area (Å²) >= 11 is 11.8. The lowest BCUT2D eigenvalue weighted by Crippen LogP contribution is -2.35. The van der Waals surface area contributed by atoms with E-state index in [9.17, 15) is 14.4 Å². The van der Waals surface area contributed by atoms with Gasteiger partial charge in [0, 0.05) is 32.1 Å². The zero-order valence-electron chi connectivity index (χ0n) is 13.6. The van der Waals surface area contributed by atoms with Gasteiger partial charge in [-0.05, 0) is 24.6 Å². The number of carbonyl (C=O) groups is 3. The number of amides is 2. The van der Waals surface area contributed by atoms with Crippen molar-refractivity contribution >= 4 is 41.0 Å². The second-order valence-corrected chi connectivity index (χ2v) is 5.90. The van der Waals surface area contributed by atoms with Crippen LogP contribution in [0.4, 0.5) is 0 Å². The Kier molecular flexibility index (Phi) is 8.57. The van der Waals surface area contributed by atoms with Gasteiger partial charge < -0.3 is 15.0 Å². The van der Waals surface area contributed by atoms with Crippen molar-refractivity contribution in [3.8, 4) is 0 Å². The summed E-state index contributed by atoms with van der Waals surface area (Å²) in [6, 6.07) is 4.62. The van der Waals surface area contributed by atoms with E-state index < -0.39 is 5.97 Å². The Morgan fingerprint density at radius 2 is 1.88 bits per heavy atom. The lowest BCUT2D eigenvalue weighted by atomic mass is 10.2. The van der Waals surface area contributed by atoms with Gasteiger partial charge in [0.2, 0.25) is 5.91 Å². The molecule has 0 aliphatic carbocycles. The number of esters is 1. The average Bonchev–Trinajstić information content (AvgIpc) is 2.55. The van der Waals surface area contributed by atoms with Crippen LogP contribution in [0.2, 0.25) is 10.0 Å². The third-order valence-electron chi connectivity index (χ3n) is 3.25. The molecule has 1 aromatic carbocycles. The lowest BCUT2D eigenvalue weighted by Gasteiger charge is -2.22. The van der Waals surface area contributed by atoms with E-state index in [4.69, 9.17) is 23.2 Å². The monoisotopic (exact) mass is 374 g/mol. The molecule has 1 rings (SSSR count). The first kappa shape index (κ1) is 20.3. The Hall–Kier alpha value is -1.79. The van der Waals surface area contributed by atoms with Crippen LogP contribution in [0.3, 0.4) is 0 Å². The van der Waals surface area contributed by atoms with Crippen molar-refractivity contribution in [2.24, 2.45) is 0 Å². The summed E-state index contributed by atoms with van der Waals surface area (Å²) in [4.78, 5) is 36.4. The van der Waals surface area contributed by atoms with E-state index >= 15 is 0 Å². The molecule has 1 aromatic rings. The summed E-state index contributed by atoms with van der Waals surface area (Å²) in [5.74, 6) is -0.795. The van der Waals surface area contributed by atoms with Crippen LogP contribution in [0, 0.1) is 0 Å². The van der Waals surface area contributed by atoms with Crippen LogP contribution in [0.25, 0.3) is 0 Å². The number of rotatable bonds is 8. The van der Waals surface area contributed by atoms with Crippen molar-refractivity contribution in [3.05, 3.63) is 33.8 Å². The second kappa shape index (κ2) is 10.2. The molecule has 132 valence electrons. The zero-order chi connectivity index (χ0) is 18.1. The predicted molar refractivity (Wildman–Crippen MR) is 92.3 cm³/mol. The first-order valence-electron chi connectivity index (χ1n) is 7.40. The standard InChI is InChI=1S/C16H20Cl2N2O4/c1-11(21)19-7-3-8-20(9-6-15(22)24-2)16(23)12-4-5-13(17)14(18)10-12/h4-5,10H,3,6-9H2,1-2H3,(H,19,21). The second-order valence-electron chi connectivity index (χ2n) is 5.08. The van der Waals surface area contributed by atoms with Crippen molar-refractivity contribution in [1.29, 1.82) is 0 Å². The smallest absolute Gasteiger partial charge is 0.307 e. The molecule has 0 radical (unpaired) electrons. The van der Waals surface area contributed by atoms with E-state index in [0.717, 1.165) is 0 Å². The van der Waals surface area contributed by atoms with Gasteiger partial charge in [-0.3, -0.25) is 14.4 Å². The number of carbonyl (C=O) groups excluding carboxylic acids is 3. The Morgan fingerprint density at radius 1 is 1.17 bits per heavy atom. The number of methoxy groups -OCH3 is 1. The predicted octanol–water partition coefficient (Wildman–Crippen LogP) is 2.52. The van der Waals surface area contributed by atoms with E-state index in [1.165, 1.54) is 25.0 Å².